The van der Waals surface area contributed by atoms with Crippen LogP contribution < -0.4 is 5.32 Å². The van der Waals surface area contributed by atoms with Gasteiger partial charge in [0.25, 0.3) is 0 Å². The van der Waals surface area contributed by atoms with Gasteiger partial charge in [0.15, 0.2) is 24.0 Å². The lowest BCUT2D eigenvalue weighted by Crippen LogP contribution is -2.59. The first-order chi connectivity index (χ1) is 21.8. The van der Waals surface area contributed by atoms with Crippen LogP contribution in [0.4, 0.5) is 0 Å². The van der Waals surface area contributed by atoms with Gasteiger partial charge in [-0.2, -0.15) is 0 Å². The van der Waals surface area contributed by atoms with Crippen LogP contribution in [-0.4, -0.2) is 54.7 Å². The zero-order valence-electron chi connectivity index (χ0n) is 27.2. The van der Waals surface area contributed by atoms with Crippen molar-refractivity contribution >= 4 is 35.4 Å². The Hall–Kier alpha value is -3.82. The molecule has 1 N–H and O–H groups in total. The molecule has 7 atom stereocenters. The maximum absolute atomic E-state index is 14.0. The Morgan fingerprint density at radius 3 is 2.35 bits per heavy atom. The molecule has 1 aromatic carbocycles. The Labute approximate surface area is 270 Å². The SMILES string of the molecule is COC(=O)C(NC(=O)CCC(=O)OCC(=O)C1(OC(C)=O)CCC2C3CCC4=CC(=O)CCC4(C)C3CCC21C)c1ccccc1. The Kier molecular flexibility index (Phi) is 9.57. The van der Waals surface area contributed by atoms with Crippen molar-refractivity contribution in [3.05, 3.63) is 47.5 Å². The second kappa shape index (κ2) is 13.1. The molecular formula is C36H45NO9. The maximum Gasteiger partial charge on any atom is 0.333 e. The number of rotatable bonds is 10. The number of carbonyl (C=O) groups excluding carboxylic acids is 6. The van der Waals surface area contributed by atoms with Gasteiger partial charge in [-0.25, -0.2) is 4.79 Å². The number of allylic oxidation sites excluding steroid dienone is 1. The minimum atomic E-state index is -1.41. The number of ether oxygens (including phenoxy) is 3. The van der Waals surface area contributed by atoms with Crippen molar-refractivity contribution in [2.75, 3.05) is 13.7 Å². The molecule has 0 radical (unpaired) electrons. The molecule has 0 aliphatic heterocycles. The first-order valence-corrected chi connectivity index (χ1v) is 16.4. The fraction of sp³-hybridized carbons (Fsp3) is 0.611. The largest absolute Gasteiger partial charge is 0.467 e. The summed E-state index contributed by atoms with van der Waals surface area (Å²) in [5.41, 5.74) is -0.262. The van der Waals surface area contributed by atoms with Gasteiger partial charge in [0.05, 0.1) is 13.5 Å². The molecule has 0 saturated heterocycles. The van der Waals surface area contributed by atoms with Crippen molar-refractivity contribution in [1.82, 2.24) is 5.32 Å². The molecule has 248 valence electrons. The van der Waals surface area contributed by atoms with Crippen LogP contribution in [0.15, 0.2) is 42.0 Å². The second-order valence-corrected chi connectivity index (χ2v) is 13.9. The van der Waals surface area contributed by atoms with E-state index in [1.165, 1.54) is 19.6 Å². The van der Waals surface area contributed by atoms with E-state index in [9.17, 15) is 28.8 Å². The van der Waals surface area contributed by atoms with E-state index in [0.29, 0.717) is 36.7 Å². The molecule has 1 aromatic rings. The van der Waals surface area contributed by atoms with Crippen molar-refractivity contribution in [3.63, 3.8) is 0 Å². The molecule has 10 heteroatoms. The van der Waals surface area contributed by atoms with Crippen molar-refractivity contribution in [2.45, 2.75) is 96.6 Å². The van der Waals surface area contributed by atoms with Gasteiger partial charge in [-0.3, -0.25) is 24.0 Å². The minimum absolute atomic E-state index is 0.0331. The zero-order chi connectivity index (χ0) is 33.3. The number of benzene rings is 1. The summed E-state index contributed by atoms with van der Waals surface area (Å²) in [4.78, 5) is 76.2. The number of methoxy groups -OCH3 is 1. The summed E-state index contributed by atoms with van der Waals surface area (Å²) in [5.74, 6) is -1.84. The molecule has 7 unspecified atom stereocenters. The number of ketones is 2. The van der Waals surface area contributed by atoms with Gasteiger partial charge in [-0.05, 0) is 79.8 Å². The number of carbonyl (C=O) groups is 6. The van der Waals surface area contributed by atoms with E-state index < -0.39 is 53.3 Å². The lowest BCUT2D eigenvalue weighted by molar-refractivity contribution is -0.191. The van der Waals surface area contributed by atoms with Crippen LogP contribution in [0.5, 0.6) is 0 Å². The summed E-state index contributed by atoms with van der Waals surface area (Å²) in [7, 11) is 1.22. The quantitative estimate of drug-likeness (QED) is 0.285. The molecule has 46 heavy (non-hydrogen) atoms. The minimum Gasteiger partial charge on any atom is -0.467 e. The first kappa shape index (κ1) is 33.5. The average molecular weight is 636 g/mol. The predicted octanol–water partition coefficient (Wildman–Crippen LogP) is 4.74. The number of amides is 1. The number of fused-ring (bicyclic) bond motifs is 5. The maximum atomic E-state index is 14.0. The predicted molar refractivity (Wildman–Crippen MR) is 166 cm³/mol. The summed E-state index contributed by atoms with van der Waals surface area (Å²) in [6.07, 6.45) is 7.15. The van der Waals surface area contributed by atoms with Crippen LogP contribution in [0, 0.1) is 28.6 Å². The zero-order valence-corrected chi connectivity index (χ0v) is 27.2. The number of nitrogens with one attached hydrogen (secondary N) is 1. The summed E-state index contributed by atoms with van der Waals surface area (Å²) in [5, 5.41) is 2.59. The molecule has 3 fully saturated rings. The normalized spacial score (nSPS) is 32.0. The van der Waals surface area contributed by atoms with E-state index in [1.807, 2.05) is 6.08 Å². The summed E-state index contributed by atoms with van der Waals surface area (Å²) >= 11 is 0. The van der Waals surface area contributed by atoms with Crippen LogP contribution in [-0.2, 0) is 43.0 Å². The monoisotopic (exact) mass is 635 g/mol. The topological polar surface area (TPSA) is 142 Å². The Morgan fingerprint density at radius 1 is 0.935 bits per heavy atom. The van der Waals surface area contributed by atoms with Gasteiger partial charge in [0.1, 0.15) is 0 Å². The Morgan fingerprint density at radius 2 is 1.65 bits per heavy atom. The highest BCUT2D eigenvalue weighted by atomic mass is 16.6. The summed E-state index contributed by atoms with van der Waals surface area (Å²) in [6, 6.07) is 7.58. The van der Waals surface area contributed by atoms with Gasteiger partial charge in [0.2, 0.25) is 11.7 Å². The molecular weight excluding hydrogens is 590 g/mol. The third kappa shape index (κ3) is 6.02. The Balaban J connectivity index is 1.23. The van der Waals surface area contributed by atoms with E-state index in [4.69, 9.17) is 14.2 Å². The fourth-order valence-electron chi connectivity index (χ4n) is 9.31. The molecule has 4 aliphatic rings. The van der Waals surface area contributed by atoms with E-state index in [2.05, 4.69) is 19.2 Å². The number of hydrogen-bond donors (Lipinski definition) is 1. The summed E-state index contributed by atoms with van der Waals surface area (Å²) < 4.78 is 16.2. The van der Waals surface area contributed by atoms with Crippen LogP contribution >= 0.6 is 0 Å². The molecule has 10 nitrogen and oxygen atoms in total. The second-order valence-electron chi connectivity index (χ2n) is 13.9. The highest BCUT2D eigenvalue weighted by Crippen LogP contribution is 2.68. The highest BCUT2D eigenvalue weighted by Gasteiger charge is 2.68. The van der Waals surface area contributed by atoms with Crippen molar-refractivity contribution < 1.29 is 43.0 Å². The number of Topliss-reactive ketones (excluding diaryl/α,β-unsaturated/α-hetero) is 1. The van der Waals surface area contributed by atoms with E-state index in [0.717, 1.165) is 32.1 Å². The van der Waals surface area contributed by atoms with E-state index in [1.54, 1.807) is 30.3 Å². The van der Waals surface area contributed by atoms with E-state index >= 15 is 0 Å². The number of esters is 3. The lowest BCUT2D eigenvalue weighted by Gasteiger charge is -2.59. The van der Waals surface area contributed by atoms with Crippen LogP contribution in [0.25, 0.3) is 0 Å². The van der Waals surface area contributed by atoms with Crippen molar-refractivity contribution in [2.24, 2.45) is 28.6 Å². The van der Waals surface area contributed by atoms with Gasteiger partial charge in [-0.15, -0.1) is 0 Å². The standard InChI is InChI=1S/C36H45NO9/c1-22(38)46-36(19-16-28-26-11-10-24-20-25(39)14-17-34(24,2)27(26)15-18-35(28,36)3)29(40)21-45-31(42)13-12-30(41)37-32(33(43)44-4)23-8-6-5-7-9-23/h5-9,20,26-28,32H,10-19,21H2,1-4H3,(H,37,41). The molecule has 0 bridgehead atoms. The number of hydrogen-bond acceptors (Lipinski definition) is 9. The van der Waals surface area contributed by atoms with Crippen molar-refractivity contribution in [1.29, 1.82) is 0 Å². The molecule has 4 aliphatic carbocycles. The molecule has 3 saturated carbocycles. The third-order valence-corrected chi connectivity index (χ3v) is 11.6. The van der Waals surface area contributed by atoms with E-state index in [-0.39, 0.29) is 30.0 Å². The first-order valence-electron chi connectivity index (χ1n) is 16.4. The van der Waals surface area contributed by atoms with Crippen LogP contribution in [0.2, 0.25) is 0 Å². The van der Waals surface area contributed by atoms with Crippen molar-refractivity contribution in [3.8, 4) is 0 Å². The van der Waals surface area contributed by atoms with Gasteiger partial charge >= 0.3 is 17.9 Å². The van der Waals surface area contributed by atoms with Gasteiger partial charge < -0.3 is 19.5 Å². The highest BCUT2D eigenvalue weighted by molar-refractivity contribution is 5.94. The molecule has 0 spiro atoms. The molecule has 5 rings (SSSR count). The average Bonchev–Trinajstić information content (AvgIpc) is 3.34. The lowest BCUT2D eigenvalue weighted by atomic mass is 9.46. The third-order valence-electron chi connectivity index (χ3n) is 11.6. The van der Waals surface area contributed by atoms with Crippen LogP contribution in [0.1, 0.15) is 96.6 Å². The van der Waals surface area contributed by atoms with Gasteiger partial charge in [0, 0.05) is 25.2 Å². The fourth-order valence-corrected chi connectivity index (χ4v) is 9.31. The summed E-state index contributed by atoms with van der Waals surface area (Å²) in [6.45, 7) is 5.08. The van der Waals surface area contributed by atoms with Gasteiger partial charge in [-0.1, -0.05) is 49.8 Å². The van der Waals surface area contributed by atoms with Crippen LogP contribution in [0.3, 0.4) is 0 Å². The Bertz CT molecular complexity index is 1440. The molecule has 0 aromatic heterocycles. The molecule has 1 amide bonds. The molecule has 0 heterocycles. The smallest absolute Gasteiger partial charge is 0.333 e.